The minimum atomic E-state index is -4.37. The molecule has 2 aromatic rings. The van der Waals surface area contributed by atoms with Crippen molar-refractivity contribution in [3.8, 4) is 11.1 Å². The van der Waals surface area contributed by atoms with Crippen molar-refractivity contribution >= 4 is 17.4 Å². The van der Waals surface area contributed by atoms with Gasteiger partial charge in [-0.15, -0.1) is 0 Å². The van der Waals surface area contributed by atoms with E-state index in [1.54, 1.807) is 18.2 Å². The molecule has 24 heavy (non-hydrogen) atoms. The molecule has 6 heteroatoms. The molecule has 1 heterocycles. The molecule has 0 radical (unpaired) electrons. The normalized spacial score (nSPS) is 14.9. The SMILES string of the molecule is FC(F)(F)c1cccc(-c2cc(Cl)ccc2CC2=NCCCN2)c1. The maximum absolute atomic E-state index is 13.0. The van der Waals surface area contributed by atoms with E-state index in [4.69, 9.17) is 11.6 Å². The van der Waals surface area contributed by atoms with Gasteiger partial charge in [-0.3, -0.25) is 4.99 Å². The summed E-state index contributed by atoms with van der Waals surface area (Å²) in [5.74, 6) is 0.858. The Morgan fingerprint density at radius 2 is 1.96 bits per heavy atom. The van der Waals surface area contributed by atoms with E-state index in [0.29, 0.717) is 22.6 Å². The largest absolute Gasteiger partial charge is 0.416 e. The van der Waals surface area contributed by atoms with Gasteiger partial charge in [0.1, 0.15) is 5.84 Å². The van der Waals surface area contributed by atoms with Crippen molar-refractivity contribution in [1.82, 2.24) is 5.32 Å². The molecule has 0 aromatic heterocycles. The number of aliphatic imine (C=N–C) groups is 1. The van der Waals surface area contributed by atoms with Crippen LogP contribution in [-0.4, -0.2) is 18.9 Å². The molecule has 0 aliphatic carbocycles. The van der Waals surface area contributed by atoms with Crippen LogP contribution in [0.15, 0.2) is 47.5 Å². The van der Waals surface area contributed by atoms with Crippen molar-refractivity contribution in [2.75, 3.05) is 13.1 Å². The number of halogens is 4. The van der Waals surface area contributed by atoms with Crippen molar-refractivity contribution in [3.05, 3.63) is 58.6 Å². The second-order valence-electron chi connectivity index (χ2n) is 5.67. The van der Waals surface area contributed by atoms with E-state index in [0.717, 1.165) is 43.0 Å². The zero-order valence-electron chi connectivity index (χ0n) is 12.8. The fourth-order valence-corrected chi connectivity index (χ4v) is 2.89. The third-order valence-electron chi connectivity index (χ3n) is 3.90. The third-order valence-corrected chi connectivity index (χ3v) is 4.13. The van der Waals surface area contributed by atoms with Gasteiger partial charge in [0.15, 0.2) is 0 Å². The first-order chi connectivity index (χ1) is 11.4. The Morgan fingerprint density at radius 1 is 1.12 bits per heavy atom. The van der Waals surface area contributed by atoms with E-state index in [1.165, 1.54) is 6.07 Å². The maximum Gasteiger partial charge on any atom is 0.416 e. The molecule has 0 fully saturated rings. The van der Waals surface area contributed by atoms with Crippen LogP contribution in [0.2, 0.25) is 5.02 Å². The van der Waals surface area contributed by atoms with Crippen LogP contribution in [0.25, 0.3) is 11.1 Å². The molecule has 3 rings (SSSR count). The Labute approximate surface area is 143 Å². The van der Waals surface area contributed by atoms with Crippen LogP contribution in [-0.2, 0) is 12.6 Å². The monoisotopic (exact) mass is 352 g/mol. The number of nitrogens with zero attached hydrogens (tertiary/aromatic N) is 1. The van der Waals surface area contributed by atoms with Gasteiger partial charge >= 0.3 is 6.18 Å². The molecule has 0 atom stereocenters. The van der Waals surface area contributed by atoms with E-state index in [2.05, 4.69) is 10.3 Å². The summed E-state index contributed by atoms with van der Waals surface area (Å²) in [5.41, 5.74) is 1.42. The number of amidine groups is 1. The summed E-state index contributed by atoms with van der Waals surface area (Å²) in [6.07, 6.45) is -2.84. The summed E-state index contributed by atoms with van der Waals surface area (Å²) < 4.78 is 38.9. The number of rotatable bonds is 3. The van der Waals surface area contributed by atoms with Crippen LogP contribution in [0.4, 0.5) is 13.2 Å². The lowest BCUT2D eigenvalue weighted by Crippen LogP contribution is -2.31. The second kappa shape index (κ2) is 6.85. The van der Waals surface area contributed by atoms with Gasteiger partial charge in [0.25, 0.3) is 0 Å². The van der Waals surface area contributed by atoms with Crippen LogP contribution in [0.5, 0.6) is 0 Å². The van der Waals surface area contributed by atoms with Crippen molar-refractivity contribution in [3.63, 3.8) is 0 Å². The number of hydrogen-bond acceptors (Lipinski definition) is 2. The molecule has 0 spiro atoms. The highest BCUT2D eigenvalue weighted by molar-refractivity contribution is 6.30. The summed E-state index contributed by atoms with van der Waals surface area (Å²) in [6, 6.07) is 10.6. The molecule has 0 bridgehead atoms. The summed E-state index contributed by atoms with van der Waals surface area (Å²) >= 11 is 6.07. The molecule has 2 nitrogen and oxygen atoms in total. The summed E-state index contributed by atoms with van der Waals surface area (Å²) in [7, 11) is 0. The number of nitrogens with one attached hydrogen (secondary N) is 1. The Kier molecular flexibility index (Phi) is 4.81. The lowest BCUT2D eigenvalue weighted by Gasteiger charge is -2.17. The Morgan fingerprint density at radius 3 is 2.67 bits per heavy atom. The van der Waals surface area contributed by atoms with Gasteiger partial charge in [0.05, 0.1) is 5.56 Å². The standard InChI is InChI=1S/C18H16ClF3N2/c19-15-6-5-13(10-17-23-7-2-8-24-17)16(11-15)12-3-1-4-14(9-12)18(20,21)22/h1,3-6,9,11H,2,7-8,10H2,(H,23,24). The zero-order valence-corrected chi connectivity index (χ0v) is 13.6. The average Bonchev–Trinajstić information content (AvgIpc) is 2.57. The highest BCUT2D eigenvalue weighted by Crippen LogP contribution is 2.34. The van der Waals surface area contributed by atoms with Crippen LogP contribution < -0.4 is 5.32 Å². The predicted molar refractivity (Wildman–Crippen MR) is 90.5 cm³/mol. The Balaban J connectivity index is 2.00. The van der Waals surface area contributed by atoms with Gasteiger partial charge in [0.2, 0.25) is 0 Å². The maximum atomic E-state index is 13.0. The van der Waals surface area contributed by atoms with Gasteiger partial charge in [-0.2, -0.15) is 13.2 Å². The van der Waals surface area contributed by atoms with Crippen LogP contribution in [0.3, 0.4) is 0 Å². The summed E-state index contributed by atoms with van der Waals surface area (Å²) in [4.78, 5) is 4.43. The minimum Gasteiger partial charge on any atom is -0.373 e. The molecule has 126 valence electrons. The number of hydrogen-bond donors (Lipinski definition) is 1. The molecule has 2 aromatic carbocycles. The predicted octanol–water partition coefficient (Wildman–Crippen LogP) is 4.96. The fraction of sp³-hybridized carbons (Fsp3) is 0.278. The topological polar surface area (TPSA) is 24.4 Å². The Hall–Kier alpha value is -2.01. The molecule has 1 aliphatic heterocycles. The molecule has 0 saturated heterocycles. The van der Waals surface area contributed by atoms with Crippen molar-refractivity contribution in [2.45, 2.75) is 19.0 Å². The van der Waals surface area contributed by atoms with Crippen LogP contribution in [0, 0.1) is 0 Å². The van der Waals surface area contributed by atoms with E-state index in [-0.39, 0.29) is 0 Å². The van der Waals surface area contributed by atoms with Crippen molar-refractivity contribution < 1.29 is 13.2 Å². The van der Waals surface area contributed by atoms with Gasteiger partial charge in [-0.05, 0) is 47.4 Å². The first-order valence-corrected chi connectivity index (χ1v) is 8.04. The summed E-state index contributed by atoms with van der Waals surface area (Å²) in [6.45, 7) is 1.64. The van der Waals surface area contributed by atoms with E-state index in [1.807, 2.05) is 6.07 Å². The molecule has 0 unspecified atom stereocenters. The van der Waals surface area contributed by atoms with E-state index in [9.17, 15) is 13.2 Å². The average molecular weight is 353 g/mol. The lowest BCUT2D eigenvalue weighted by molar-refractivity contribution is -0.137. The lowest BCUT2D eigenvalue weighted by atomic mass is 9.95. The second-order valence-corrected chi connectivity index (χ2v) is 6.10. The van der Waals surface area contributed by atoms with Crippen molar-refractivity contribution in [2.24, 2.45) is 4.99 Å². The summed E-state index contributed by atoms with van der Waals surface area (Å²) in [5, 5.41) is 3.72. The fourth-order valence-electron chi connectivity index (χ4n) is 2.72. The van der Waals surface area contributed by atoms with Crippen molar-refractivity contribution in [1.29, 1.82) is 0 Å². The molecule has 1 N–H and O–H groups in total. The Bertz CT molecular complexity index is 769. The third kappa shape index (κ3) is 3.90. The number of benzene rings is 2. The smallest absolute Gasteiger partial charge is 0.373 e. The molecular weight excluding hydrogens is 337 g/mol. The first-order valence-electron chi connectivity index (χ1n) is 7.67. The minimum absolute atomic E-state index is 0.490. The van der Waals surface area contributed by atoms with E-state index >= 15 is 0 Å². The highest BCUT2D eigenvalue weighted by atomic mass is 35.5. The zero-order chi connectivity index (χ0) is 17.2. The quantitative estimate of drug-likeness (QED) is 0.829. The van der Waals surface area contributed by atoms with Gasteiger partial charge in [-0.25, -0.2) is 0 Å². The van der Waals surface area contributed by atoms with Gasteiger partial charge in [-0.1, -0.05) is 29.8 Å². The molecule has 0 amide bonds. The highest BCUT2D eigenvalue weighted by Gasteiger charge is 2.30. The molecular formula is C18H16ClF3N2. The van der Waals surface area contributed by atoms with E-state index < -0.39 is 11.7 Å². The van der Waals surface area contributed by atoms with Gasteiger partial charge < -0.3 is 5.32 Å². The van der Waals surface area contributed by atoms with Crippen LogP contribution in [0.1, 0.15) is 17.5 Å². The number of alkyl halides is 3. The molecule has 1 aliphatic rings. The van der Waals surface area contributed by atoms with Crippen LogP contribution >= 0.6 is 11.6 Å². The first kappa shape index (κ1) is 16.8. The van der Waals surface area contributed by atoms with Gasteiger partial charge in [0, 0.05) is 24.5 Å². The molecule has 0 saturated carbocycles.